The molecule has 3 amide bonds. The molecular weight excluding hydrogens is 435 g/mol. The summed E-state index contributed by atoms with van der Waals surface area (Å²) < 4.78 is 46.1. The number of carbonyl (C=O) groups is 2. The maximum Gasteiger partial charge on any atom is 0.418 e. The molecule has 0 aliphatic carbocycles. The standard InChI is InChI=1S/C24H22F3N3O3/c1-16-7-10-19(11-8-16)33-14-13-28-23(32)30-21-12-9-18(15-20(21)24(25,26)27)29-22(31)17-5-3-2-4-6-17/h2-12,15H,13-14H2,1H3,(H,29,31)(H2,28,30,32). The van der Waals surface area contributed by atoms with Gasteiger partial charge >= 0.3 is 12.2 Å². The van der Waals surface area contributed by atoms with E-state index in [-0.39, 0.29) is 18.8 Å². The molecule has 9 heteroatoms. The number of halogens is 3. The molecule has 0 bridgehead atoms. The van der Waals surface area contributed by atoms with Gasteiger partial charge in [0.25, 0.3) is 5.91 Å². The lowest BCUT2D eigenvalue weighted by Crippen LogP contribution is -2.32. The van der Waals surface area contributed by atoms with Gasteiger partial charge < -0.3 is 20.7 Å². The molecule has 0 fully saturated rings. The van der Waals surface area contributed by atoms with Crippen LogP contribution in [0.3, 0.4) is 0 Å². The van der Waals surface area contributed by atoms with Crippen LogP contribution >= 0.6 is 0 Å². The van der Waals surface area contributed by atoms with Crippen LogP contribution in [0, 0.1) is 6.92 Å². The molecule has 0 aliphatic rings. The van der Waals surface area contributed by atoms with Gasteiger partial charge in [-0.15, -0.1) is 0 Å². The zero-order valence-corrected chi connectivity index (χ0v) is 17.7. The number of nitrogens with one attached hydrogen (secondary N) is 3. The molecule has 3 aromatic rings. The summed E-state index contributed by atoms with van der Waals surface area (Å²) in [5.74, 6) is 0.0751. The molecule has 0 atom stereocenters. The van der Waals surface area contributed by atoms with Gasteiger partial charge in [0, 0.05) is 11.3 Å². The van der Waals surface area contributed by atoms with Gasteiger partial charge in [0.1, 0.15) is 12.4 Å². The molecule has 0 spiro atoms. The highest BCUT2D eigenvalue weighted by Gasteiger charge is 2.34. The number of alkyl halides is 3. The summed E-state index contributed by atoms with van der Waals surface area (Å²) >= 11 is 0. The number of benzene rings is 3. The van der Waals surface area contributed by atoms with Crippen molar-refractivity contribution < 1.29 is 27.5 Å². The van der Waals surface area contributed by atoms with Crippen LogP contribution in [0.15, 0.2) is 72.8 Å². The second kappa shape index (κ2) is 10.5. The molecule has 0 saturated carbocycles. The number of hydrogen-bond donors (Lipinski definition) is 3. The molecule has 3 rings (SSSR count). The molecule has 0 radical (unpaired) electrons. The summed E-state index contributed by atoms with van der Waals surface area (Å²) in [6.45, 7) is 2.17. The Balaban J connectivity index is 1.60. The fourth-order valence-corrected chi connectivity index (χ4v) is 2.89. The summed E-state index contributed by atoms with van der Waals surface area (Å²) in [5, 5.41) is 7.07. The lowest BCUT2D eigenvalue weighted by atomic mass is 10.1. The van der Waals surface area contributed by atoms with Crippen molar-refractivity contribution in [3.8, 4) is 5.75 Å². The van der Waals surface area contributed by atoms with E-state index in [1.54, 1.807) is 42.5 Å². The van der Waals surface area contributed by atoms with Crippen LogP contribution in [0.4, 0.5) is 29.3 Å². The first-order valence-corrected chi connectivity index (χ1v) is 10.0. The highest BCUT2D eigenvalue weighted by Crippen LogP contribution is 2.36. The molecule has 0 heterocycles. The van der Waals surface area contributed by atoms with Gasteiger partial charge in [0.15, 0.2) is 0 Å². The largest absolute Gasteiger partial charge is 0.492 e. The number of ether oxygens (including phenoxy) is 1. The molecule has 33 heavy (non-hydrogen) atoms. The smallest absolute Gasteiger partial charge is 0.418 e. The van der Waals surface area contributed by atoms with Gasteiger partial charge in [-0.1, -0.05) is 35.9 Å². The van der Waals surface area contributed by atoms with Crippen molar-refractivity contribution in [2.75, 3.05) is 23.8 Å². The molecule has 0 saturated heterocycles. The van der Waals surface area contributed by atoms with Gasteiger partial charge in [-0.25, -0.2) is 4.79 Å². The molecule has 3 aromatic carbocycles. The van der Waals surface area contributed by atoms with Crippen LogP contribution in [-0.4, -0.2) is 25.1 Å². The van der Waals surface area contributed by atoms with E-state index in [1.807, 2.05) is 19.1 Å². The highest BCUT2D eigenvalue weighted by atomic mass is 19.4. The lowest BCUT2D eigenvalue weighted by Gasteiger charge is -2.16. The molecule has 6 nitrogen and oxygen atoms in total. The predicted octanol–water partition coefficient (Wildman–Crippen LogP) is 5.47. The Bertz CT molecular complexity index is 1100. The fraction of sp³-hybridized carbons (Fsp3) is 0.167. The lowest BCUT2D eigenvalue weighted by molar-refractivity contribution is -0.136. The number of anilines is 2. The van der Waals surface area contributed by atoms with Crippen molar-refractivity contribution in [3.63, 3.8) is 0 Å². The quantitative estimate of drug-likeness (QED) is 0.412. The second-order valence-corrected chi connectivity index (χ2v) is 7.12. The highest BCUT2D eigenvalue weighted by molar-refractivity contribution is 6.04. The van der Waals surface area contributed by atoms with Crippen LogP contribution in [0.5, 0.6) is 5.75 Å². The first kappa shape index (κ1) is 23.6. The number of rotatable bonds is 7. The van der Waals surface area contributed by atoms with Crippen LogP contribution in [0.1, 0.15) is 21.5 Å². The van der Waals surface area contributed by atoms with Crippen LogP contribution < -0.4 is 20.7 Å². The summed E-state index contributed by atoms with van der Waals surface area (Å²) in [6.07, 6.45) is -4.75. The van der Waals surface area contributed by atoms with E-state index in [0.29, 0.717) is 11.3 Å². The molecule has 3 N–H and O–H groups in total. The first-order valence-electron chi connectivity index (χ1n) is 10.0. The Morgan fingerprint density at radius 1 is 0.909 bits per heavy atom. The van der Waals surface area contributed by atoms with Crippen molar-refractivity contribution in [3.05, 3.63) is 89.5 Å². The van der Waals surface area contributed by atoms with Crippen molar-refractivity contribution in [2.45, 2.75) is 13.1 Å². The molecule has 0 unspecified atom stereocenters. The number of aryl methyl sites for hydroxylation is 1. The van der Waals surface area contributed by atoms with Gasteiger partial charge in [-0.3, -0.25) is 4.79 Å². The van der Waals surface area contributed by atoms with E-state index >= 15 is 0 Å². The third kappa shape index (κ3) is 6.99. The molecular formula is C24H22F3N3O3. The summed E-state index contributed by atoms with van der Waals surface area (Å²) in [6, 6.07) is 17.8. The summed E-state index contributed by atoms with van der Waals surface area (Å²) in [4.78, 5) is 24.3. The van der Waals surface area contributed by atoms with Crippen LogP contribution in [-0.2, 0) is 6.18 Å². The van der Waals surface area contributed by atoms with Crippen molar-refractivity contribution in [2.24, 2.45) is 0 Å². The summed E-state index contributed by atoms with van der Waals surface area (Å²) in [5.41, 5.74) is -0.184. The van der Waals surface area contributed by atoms with Crippen LogP contribution in [0.2, 0.25) is 0 Å². The number of hydrogen-bond acceptors (Lipinski definition) is 3. The molecule has 0 aromatic heterocycles. The average molecular weight is 457 g/mol. The van der Waals surface area contributed by atoms with Crippen molar-refractivity contribution >= 4 is 23.3 Å². The Hall–Kier alpha value is -4.01. The van der Waals surface area contributed by atoms with E-state index in [9.17, 15) is 22.8 Å². The van der Waals surface area contributed by atoms with E-state index in [2.05, 4.69) is 16.0 Å². The second-order valence-electron chi connectivity index (χ2n) is 7.12. The van der Waals surface area contributed by atoms with Crippen LogP contribution in [0.25, 0.3) is 0 Å². The monoisotopic (exact) mass is 457 g/mol. The maximum atomic E-state index is 13.6. The van der Waals surface area contributed by atoms with Gasteiger partial charge in [-0.05, 0) is 49.4 Å². The zero-order valence-electron chi connectivity index (χ0n) is 17.7. The topological polar surface area (TPSA) is 79.5 Å². The third-order valence-electron chi connectivity index (χ3n) is 4.54. The van der Waals surface area contributed by atoms with Crippen molar-refractivity contribution in [1.29, 1.82) is 0 Å². The minimum absolute atomic E-state index is 0.0476. The first-order chi connectivity index (χ1) is 15.7. The number of carbonyl (C=O) groups excluding carboxylic acids is 2. The SMILES string of the molecule is Cc1ccc(OCCNC(=O)Nc2ccc(NC(=O)c3ccccc3)cc2C(F)(F)F)cc1. The number of amides is 3. The van der Waals surface area contributed by atoms with Crippen molar-refractivity contribution in [1.82, 2.24) is 5.32 Å². The van der Waals surface area contributed by atoms with E-state index in [0.717, 1.165) is 17.7 Å². The molecule has 172 valence electrons. The Labute approximate surface area is 188 Å². The maximum absolute atomic E-state index is 13.6. The minimum atomic E-state index is -4.75. The predicted molar refractivity (Wildman–Crippen MR) is 120 cm³/mol. The average Bonchev–Trinajstić information content (AvgIpc) is 2.79. The number of urea groups is 1. The summed E-state index contributed by atoms with van der Waals surface area (Å²) in [7, 11) is 0. The van der Waals surface area contributed by atoms with Gasteiger partial charge in [-0.2, -0.15) is 13.2 Å². The zero-order chi connectivity index (χ0) is 23.8. The normalized spacial score (nSPS) is 10.9. The third-order valence-corrected chi connectivity index (χ3v) is 4.54. The molecule has 0 aliphatic heterocycles. The van der Waals surface area contributed by atoms with Gasteiger partial charge in [0.2, 0.25) is 0 Å². The van der Waals surface area contributed by atoms with E-state index in [4.69, 9.17) is 4.74 Å². The minimum Gasteiger partial charge on any atom is -0.492 e. The fourth-order valence-electron chi connectivity index (χ4n) is 2.89. The van der Waals surface area contributed by atoms with Gasteiger partial charge in [0.05, 0.1) is 17.8 Å². The Morgan fingerprint density at radius 3 is 2.27 bits per heavy atom. The van der Waals surface area contributed by atoms with E-state index < -0.39 is 29.4 Å². The Morgan fingerprint density at radius 2 is 1.61 bits per heavy atom. The van der Waals surface area contributed by atoms with E-state index in [1.165, 1.54) is 6.07 Å². The Kier molecular flexibility index (Phi) is 7.55.